The number of nitrogens with one attached hydrogen (secondary N) is 1. The average molecular weight is 332 g/mol. The summed E-state index contributed by atoms with van der Waals surface area (Å²) in [6.45, 7) is 3.36. The number of benzene rings is 1. The van der Waals surface area contributed by atoms with E-state index in [0.717, 1.165) is 16.3 Å². The van der Waals surface area contributed by atoms with Crippen molar-refractivity contribution in [2.75, 3.05) is 23.8 Å². The molecule has 4 heteroatoms. The Morgan fingerprint density at radius 3 is 2.76 bits per heavy atom. The van der Waals surface area contributed by atoms with Crippen LogP contribution in [0.5, 0.6) is 0 Å². The number of rotatable bonds is 4. The van der Waals surface area contributed by atoms with Crippen molar-refractivity contribution in [2.45, 2.75) is 18.2 Å². The van der Waals surface area contributed by atoms with Gasteiger partial charge >= 0.3 is 0 Å². The molecule has 1 aliphatic heterocycles. The smallest absolute Gasteiger partial charge is 0.0292 e. The summed E-state index contributed by atoms with van der Waals surface area (Å²) in [5.41, 5.74) is 1.36. The number of halogens is 1. The van der Waals surface area contributed by atoms with Gasteiger partial charge in [-0.05, 0) is 24.6 Å². The number of thioether (sulfide) groups is 2. The predicted molar refractivity (Wildman–Crippen MR) is 84.1 cm³/mol. The molecule has 94 valence electrons. The van der Waals surface area contributed by atoms with Crippen molar-refractivity contribution in [1.82, 2.24) is 5.32 Å². The van der Waals surface area contributed by atoms with Crippen LogP contribution in [0.1, 0.15) is 18.5 Å². The minimum atomic E-state index is 0.440. The minimum Gasteiger partial charge on any atom is -0.309 e. The fourth-order valence-electron chi connectivity index (χ4n) is 1.83. The zero-order valence-electron chi connectivity index (χ0n) is 9.99. The molecule has 2 unspecified atom stereocenters. The third-order valence-corrected chi connectivity index (χ3v) is 6.28. The largest absolute Gasteiger partial charge is 0.309 e. The molecular formula is C13H18BrNS2. The molecule has 1 aromatic rings. The summed E-state index contributed by atoms with van der Waals surface area (Å²) in [5.74, 6) is 3.93. The van der Waals surface area contributed by atoms with E-state index in [2.05, 4.69) is 76.0 Å². The second-order valence-electron chi connectivity index (χ2n) is 4.25. The monoisotopic (exact) mass is 331 g/mol. The Hall–Kier alpha value is 0.360. The zero-order valence-corrected chi connectivity index (χ0v) is 13.2. The summed E-state index contributed by atoms with van der Waals surface area (Å²) >= 11 is 7.67. The summed E-state index contributed by atoms with van der Waals surface area (Å²) in [5, 5.41) is 4.42. The maximum Gasteiger partial charge on any atom is 0.0292 e. The highest BCUT2D eigenvalue weighted by Crippen LogP contribution is 2.24. The van der Waals surface area contributed by atoms with Crippen LogP contribution < -0.4 is 5.32 Å². The molecule has 1 nitrogen and oxygen atoms in total. The van der Waals surface area contributed by atoms with Gasteiger partial charge in [0, 0.05) is 39.6 Å². The lowest BCUT2D eigenvalue weighted by Crippen LogP contribution is -2.30. The first-order valence-electron chi connectivity index (χ1n) is 5.94. The maximum absolute atomic E-state index is 3.64. The van der Waals surface area contributed by atoms with E-state index in [1.165, 1.54) is 22.8 Å². The van der Waals surface area contributed by atoms with Crippen LogP contribution in [-0.2, 0) is 0 Å². The fraction of sp³-hybridized carbons (Fsp3) is 0.538. The number of hydrogen-bond acceptors (Lipinski definition) is 3. The Kier molecular flexibility index (Phi) is 5.74. The highest BCUT2D eigenvalue weighted by molar-refractivity contribution is 9.10. The number of hydrogen-bond donors (Lipinski definition) is 1. The Morgan fingerprint density at radius 1 is 1.35 bits per heavy atom. The van der Waals surface area contributed by atoms with Crippen molar-refractivity contribution < 1.29 is 0 Å². The molecule has 1 fully saturated rings. The highest BCUT2D eigenvalue weighted by atomic mass is 79.9. The molecule has 0 aliphatic carbocycles. The van der Waals surface area contributed by atoms with Gasteiger partial charge in [0.2, 0.25) is 0 Å². The first-order valence-corrected chi connectivity index (χ1v) is 8.93. The van der Waals surface area contributed by atoms with Crippen molar-refractivity contribution in [1.29, 1.82) is 0 Å². The Morgan fingerprint density at radius 2 is 2.12 bits per heavy atom. The predicted octanol–water partition coefficient (Wildman–Crippen LogP) is 3.95. The molecule has 1 aliphatic rings. The first-order chi connectivity index (χ1) is 8.25. The van der Waals surface area contributed by atoms with Crippen LogP contribution in [0, 0.1) is 0 Å². The van der Waals surface area contributed by atoms with Gasteiger partial charge in [-0.25, -0.2) is 0 Å². The van der Waals surface area contributed by atoms with Gasteiger partial charge in [0.1, 0.15) is 0 Å². The lowest BCUT2D eigenvalue weighted by molar-refractivity contribution is 0.577. The summed E-state index contributed by atoms with van der Waals surface area (Å²) in [6.07, 6.45) is 0. The van der Waals surface area contributed by atoms with Gasteiger partial charge in [0.25, 0.3) is 0 Å². The molecule has 1 aromatic carbocycles. The molecule has 0 radical (unpaired) electrons. The highest BCUT2D eigenvalue weighted by Gasteiger charge is 2.15. The Balaban J connectivity index is 1.80. The maximum atomic E-state index is 3.64. The molecule has 17 heavy (non-hydrogen) atoms. The quantitative estimate of drug-likeness (QED) is 0.897. The lowest BCUT2D eigenvalue weighted by Gasteiger charge is -2.23. The first kappa shape index (κ1) is 13.8. The molecule has 2 rings (SSSR count). The van der Waals surface area contributed by atoms with Crippen molar-refractivity contribution in [3.8, 4) is 0 Å². The Labute approximate surface area is 121 Å². The topological polar surface area (TPSA) is 12.0 Å². The van der Waals surface area contributed by atoms with E-state index in [9.17, 15) is 0 Å². The average Bonchev–Trinajstić information content (AvgIpc) is 2.38. The van der Waals surface area contributed by atoms with Crippen molar-refractivity contribution in [3.63, 3.8) is 0 Å². The van der Waals surface area contributed by atoms with E-state index in [-0.39, 0.29) is 0 Å². The molecule has 0 aromatic heterocycles. The Bertz CT molecular complexity index is 336. The van der Waals surface area contributed by atoms with Crippen LogP contribution in [0.3, 0.4) is 0 Å². The molecule has 1 saturated heterocycles. The molecule has 0 bridgehead atoms. The van der Waals surface area contributed by atoms with Crippen LogP contribution in [-0.4, -0.2) is 29.1 Å². The fourth-order valence-corrected chi connectivity index (χ4v) is 4.72. The summed E-state index contributed by atoms with van der Waals surface area (Å²) in [6, 6.07) is 9.03. The van der Waals surface area contributed by atoms with E-state index in [1.807, 2.05) is 0 Å². The van der Waals surface area contributed by atoms with Gasteiger partial charge in [-0.1, -0.05) is 28.1 Å². The van der Waals surface area contributed by atoms with Gasteiger partial charge in [0.05, 0.1) is 0 Å². The van der Waals surface area contributed by atoms with E-state index in [4.69, 9.17) is 0 Å². The van der Waals surface area contributed by atoms with Crippen molar-refractivity contribution in [3.05, 3.63) is 34.3 Å². The van der Waals surface area contributed by atoms with E-state index < -0.39 is 0 Å². The van der Waals surface area contributed by atoms with Crippen LogP contribution in [0.15, 0.2) is 28.7 Å². The van der Waals surface area contributed by atoms with E-state index in [0.29, 0.717) is 6.04 Å². The molecule has 0 saturated carbocycles. The van der Waals surface area contributed by atoms with E-state index in [1.54, 1.807) is 0 Å². The van der Waals surface area contributed by atoms with Gasteiger partial charge in [-0.2, -0.15) is 23.5 Å². The van der Waals surface area contributed by atoms with Crippen LogP contribution in [0.4, 0.5) is 0 Å². The molecule has 1 N–H and O–H groups in total. The zero-order chi connectivity index (χ0) is 12.1. The summed E-state index contributed by atoms with van der Waals surface area (Å²) in [7, 11) is 0. The second-order valence-corrected chi connectivity index (χ2v) is 7.72. The molecule has 0 spiro atoms. The SMILES string of the molecule is CC(NCC1CSCCS1)c1ccc(Br)cc1. The molecule has 0 amide bonds. The molecule has 2 atom stereocenters. The van der Waals surface area contributed by atoms with Crippen molar-refractivity contribution in [2.24, 2.45) is 0 Å². The standard InChI is InChI=1S/C13H18BrNS2/c1-10(11-2-4-12(14)5-3-11)15-8-13-9-16-6-7-17-13/h2-5,10,13,15H,6-9H2,1H3. The molecule has 1 heterocycles. The van der Waals surface area contributed by atoms with Gasteiger partial charge < -0.3 is 5.32 Å². The van der Waals surface area contributed by atoms with Gasteiger partial charge in [0.15, 0.2) is 0 Å². The molecular weight excluding hydrogens is 314 g/mol. The second kappa shape index (κ2) is 7.07. The lowest BCUT2D eigenvalue weighted by atomic mass is 10.1. The minimum absolute atomic E-state index is 0.440. The van der Waals surface area contributed by atoms with Crippen LogP contribution in [0.2, 0.25) is 0 Å². The van der Waals surface area contributed by atoms with Gasteiger partial charge in [-0.15, -0.1) is 0 Å². The third-order valence-electron chi connectivity index (χ3n) is 2.91. The van der Waals surface area contributed by atoms with E-state index >= 15 is 0 Å². The third kappa shape index (κ3) is 4.51. The van der Waals surface area contributed by atoms with Gasteiger partial charge in [-0.3, -0.25) is 0 Å². The summed E-state index contributed by atoms with van der Waals surface area (Å²) < 4.78 is 1.15. The normalized spacial score (nSPS) is 22.4. The van der Waals surface area contributed by atoms with Crippen LogP contribution in [0.25, 0.3) is 0 Å². The van der Waals surface area contributed by atoms with Crippen molar-refractivity contribution >= 4 is 39.5 Å². The summed E-state index contributed by atoms with van der Waals surface area (Å²) in [4.78, 5) is 0. The van der Waals surface area contributed by atoms with Crippen LogP contribution >= 0.6 is 39.5 Å².